The van der Waals surface area contributed by atoms with Gasteiger partial charge in [-0.2, -0.15) is 10.5 Å². The molecular weight excluding hydrogens is 499 g/mol. The van der Waals surface area contributed by atoms with Crippen LogP contribution >= 0.6 is 0 Å². The summed E-state index contributed by atoms with van der Waals surface area (Å²) in [6.45, 7) is -0.579. The van der Waals surface area contributed by atoms with Crippen LogP contribution < -0.4 is 5.56 Å². The van der Waals surface area contributed by atoms with Crippen LogP contribution in [0.1, 0.15) is 16.8 Å². The summed E-state index contributed by atoms with van der Waals surface area (Å²) >= 11 is 0. The maximum Gasteiger partial charge on any atom is 0.263 e. The highest BCUT2D eigenvalue weighted by atomic mass is 19.1. The third-order valence-electron chi connectivity index (χ3n) is 5.62. The van der Waals surface area contributed by atoms with Crippen molar-refractivity contribution in [3.05, 3.63) is 125 Å². The van der Waals surface area contributed by atoms with Crippen molar-refractivity contribution in [2.45, 2.75) is 6.61 Å². The lowest BCUT2D eigenvalue weighted by Crippen LogP contribution is -2.25. The summed E-state index contributed by atoms with van der Waals surface area (Å²) < 4.78 is 15.4. The van der Waals surface area contributed by atoms with Crippen molar-refractivity contribution in [2.24, 2.45) is 0 Å². The van der Waals surface area contributed by atoms with Gasteiger partial charge in [-0.3, -0.25) is 14.3 Å². The van der Waals surface area contributed by atoms with Gasteiger partial charge in [0, 0.05) is 22.9 Å². The lowest BCUT2D eigenvalue weighted by molar-refractivity contribution is 0.274. The predicted molar refractivity (Wildman–Crippen MR) is 140 cm³/mol. The lowest BCUT2D eigenvalue weighted by Gasteiger charge is -2.18. The molecular formula is C29H19FN6O3. The molecule has 5 rings (SSSR count). The lowest BCUT2D eigenvalue weighted by atomic mass is 9.97. The number of benzene rings is 2. The summed E-state index contributed by atoms with van der Waals surface area (Å²) in [6.07, 6.45) is 5.47. The van der Waals surface area contributed by atoms with Gasteiger partial charge >= 0.3 is 0 Å². The summed E-state index contributed by atoms with van der Waals surface area (Å²) in [5, 5.41) is 38.2. The van der Waals surface area contributed by atoms with Gasteiger partial charge in [0.05, 0.1) is 47.6 Å². The smallest absolute Gasteiger partial charge is 0.263 e. The standard InChI is InChI=1S/C22H14FN5O3.C7H5N/c23-18-4-1-3-14(17(18)8-24)15-7-16(21-20(30)5-2-6-27-21)19(11-29)28(22(15)31)13-9-25-12-26-10-13;8-6-7-4-2-1-3-5-7/h1-7,9-10,12,29-30H,11H2;1-5H. The normalized spacial score (nSPS) is 10.1. The third kappa shape index (κ3) is 5.52. The molecule has 9 nitrogen and oxygen atoms in total. The third-order valence-corrected chi connectivity index (χ3v) is 5.62. The fourth-order valence-electron chi connectivity index (χ4n) is 3.87. The Hall–Kier alpha value is -5.71. The first-order chi connectivity index (χ1) is 19.0. The van der Waals surface area contributed by atoms with E-state index in [1.165, 1.54) is 55.2 Å². The monoisotopic (exact) mass is 518 g/mol. The molecule has 0 saturated heterocycles. The minimum Gasteiger partial charge on any atom is -0.506 e. The van der Waals surface area contributed by atoms with Gasteiger partial charge in [-0.05, 0) is 36.4 Å². The number of pyridine rings is 2. The molecule has 2 N–H and O–H groups in total. The van der Waals surface area contributed by atoms with Gasteiger partial charge in [0.1, 0.15) is 29.7 Å². The molecule has 0 radical (unpaired) electrons. The van der Waals surface area contributed by atoms with E-state index in [0.29, 0.717) is 5.56 Å². The predicted octanol–water partition coefficient (Wildman–Crippen LogP) is 4.12. The van der Waals surface area contributed by atoms with E-state index in [4.69, 9.17) is 5.26 Å². The van der Waals surface area contributed by atoms with Gasteiger partial charge in [0.15, 0.2) is 0 Å². The number of hydrogen-bond donors (Lipinski definition) is 2. The first kappa shape index (κ1) is 26.4. The summed E-state index contributed by atoms with van der Waals surface area (Å²) in [7, 11) is 0. The van der Waals surface area contributed by atoms with Crippen LogP contribution in [0.25, 0.3) is 28.1 Å². The molecule has 0 aliphatic rings. The Kier molecular flexibility index (Phi) is 8.12. The van der Waals surface area contributed by atoms with Crippen LogP contribution in [0.5, 0.6) is 5.75 Å². The number of aromatic hydroxyl groups is 1. The molecule has 0 fully saturated rings. The molecule has 0 bridgehead atoms. The van der Waals surface area contributed by atoms with Crippen molar-refractivity contribution < 1.29 is 14.6 Å². The van der Waals surface area contributed by atoms with Crippen LogP contribution in [0.3, 0.4) is 0 Å². The molecule has 39 heavy (non-hydrogen) atoms. The maximum absolute atomic E-state index is 14.3. The minimum absolute atomic E-state index is 0.0165. The topological polar surface area (TPSA) is 149 Å². The van der Waals surface area contributed by atoms with Crippen molar-refractivity contribution >= 4 is 0 Å². The fourth-order valence-corrected chi connectivity index (χ4v) is 3.87. The van der Waals surface area contributed by atoms with E-state index < -0.39 is 18.0 Å². The van der Waals surface area contributed by atoms with Crippen LogP contribution in [-0.4, -0.2) is 29.7 Å². The first-order valence-corrected chi connectivity index (χ1v) is 11.4. The van der Waals surface area contributed by atoms with E-state index >= 15 is 0 Å². The zero-order valence-corrected chi connectivity index (χ0v) is 20.2. The quantitative estimate of drug-likeness (QED) is 0.361. The fraction of sp³-hybridized carbons (Fsp3) is 0.0345. The van der Waals surface area contributed by atoms with E-state index in [1.807, 2.05) is 24.3 Å². The largest absolute Gasteiger partial charge is 0.506 e. The highest BCUT2D eigenvalue weighted by molar-refractivity contribution is 5.78. The Morgan fingerprint density at radius 3 is 2.26 bits per heavy atom. The molecule has 0 saturated carbocycles. The van der Waals surface area contributed by atoms with Crippen LogP contribution in [0, 0.1) is 28.5 Å². The number of hydrogen-bond acceptors (Lipinski definition) is 8. The van der Waals surface area contributed by atoms with Gasteiger partial charge in [-0.25, -0.2) is 14.4 Å². The second kappa shape index (κ2) is 12.0. The molecule has 0 spiro atoms. The highest BCUT2D eigenvalue weighted by Gasteiger charge is 2.22. The van der Waals surface area contributed by atoms with Crippen LogP contribution in [0.4, 0.5) is 4.39 Å². The summed E-state index contributed by atoms with van der Waals surface area (Å²) in [6, 6.07) is 21.2. The average molecular weight is 519 g/mol. The zero-order valence-electron chi connectivity index (χ0n) is 20.2. The Balaban J connectivity index is 0.000000379. The molecule has 2 aromatic carbocycles. The number of nitriles is 2. The van der Waals surface area contributed by atoms with Crippen molar-refractivity contribution in [1.29, 1.82) is 10.5 Å². The number of nitrogens with zero attached hydrogens (tertiary/aromatic N) is 6. The van der Waals surface area contributed by atoms with E-state index in [0.717, 1.165) is 10.6 Å². The summed E-state index contributed by atoms with van der Waals surface area (Å²) in [5.41, 5.74) is 0.533. The molecule has 3 aromatic heterocycles. The molecule has 190 valence electrons. The van der Waals surface area contributed by atoms with Crippen molar-refractivity contribution in [1.82, 2.24) is 19.5 Å². The number of halogens is 1. The van der Waals surface area contributed by atoms with Crippen LogP contribution in [0.2, 0.25) is 0 Å². The van der Waals surface area contributed by atoms with Gasteiger partial charge < -0.3 is 10.2 Å². The number of rotatable bonds is 4. The van der Waals surface area contributed by atoms with Crippen molar-refractivity contribution in [3.63, 3.8) is 0 Å². The van der Waals surface area contributed by atoms with Gasteiger partial charge in [-0.15, -0.1) is 0 Å². The molecule has 0 atom stereocenters. The molecule has 0 aliphatic heterocycles. The molecule has 0 amide bonds. The Morgan fingerprint density at radius 1 is 0.897 bits per heavy atom. The molecule has 0 aliphatic carbocycles. The average Bonchev–Trinajstić information content (AvgIpc) is 2.98. The van der Waals surface area contributed by atoms with E-state index in [-0.39, 0.29) is 45.1 Å². The first-order valence-electron chi connectivity index (χ1n) is 11.4. The van der Waals surface area contributed by atoms with Gasteiger partial charge in [-0.1, -0.05) is 30.3 Å². The van der Waals surface area contributed by atoms with Crippen molar-refractivity contribution in [2.75, 3.05) is 0 Å². The minimum atomic E-state index is -0.775. The maximum atomic E-state index is 14.3. The van der Waals surface area contributed by atoms with E-state index in [1.54, 1.807) is 18.2 Å². The molecule has 5 aromatic rings. The number of aromatic nitrogens is 4. The van der Waals surface area contributed by atoms with Gasteiger partial charge in [0.25, 0.3) is 5.56 Å². The second-order valence-corrected chi connectivity index (χ2v) is 7.94. The summed E-state index contributed by atoms with van der Waals surface area (Å²) in [4.78, 5) is 25.5. The van der Waals surface area contributed by atoms with E-state index in [9.17, 15) is 24.7 Å². The van der Waals surface area contributed by atoms with Crippen LogP contribution in [0.15, 0.2) is 96.4 Å². The SMILES string of the molecule is N#Cc1c(F)cccc1-c1cc(-c2ncccc2O)c(CO)n(-c2cncnc2)c1=O.N#Cc1ccccc1. The van der Waals surface area contributed by atoms with E-state index in [2.05, 4.69) is 15.0 Å². The summed E-state index contributed by atoms with van der Waals surface area (Å²) in [5.74, 6) is -0.958. The van der Waals surface area contributed by atoms with Crippen LogP contribution in [-0.2, 0) is 6.61 Å². The Bertz CT molecular complexity index is 1760. The zero-order chi connectivity index (χ0) is 27.8. The molecule has 0 unspecified atom stereocenters. The molecule has 10 heteroatoms. The van der Waals surface area contributed by atoms with Gasteiger partial charge in [0.2, 0.25) is 0 Å². The number of aliphatic hydroxyl groups is 1. The number of aliphatic hydroxyl groups excluding tert-OH is 1. The second-order valence-electron chi connectivity index (χ2n) is 7.94. The Labute approximate surface area is 222 Å². The van der Waals surface area contributed by atoms with Crippen molar-refractivity contribution in [3.8, 4) is 46.0 Å². The highest BCUT2D eigenvalue weighted by Crippen LogP contribution is 2.33. The Morgan fingerprint density at radius 2 is 1.64 bits per heavy atom. The molecule has 3 heterocycles.